The maximum Gasteiger partial charge on any atom is 0.217 e. The molecule has 2 nitrogen and oxygen atoms in total. The number of hydrogen-bond donors (Lipinski definition) is 0. The average molecular weight is 312 g/mol. The molecule has 116 valence electrons. The SMILES string of the molecule is C=C(c1ccc(N(C)C)cc1)c1ccc([Si](C)(C)OC)cc1. The molecule has 0 spiro atoms. The predicted molar refractivity (Wildman–Crippen MR) is 99.5 cm³/mol. The van der Waals surface area contributed by atoms with Crippen LogP contribution in [0, 0.1) is 0 Å². The topological polar surface area (TPSA) is 12.5 Å². The molecule has 0 bridgehead atoms. The first kappa shape index (κ1) is 16.5. The molecule has 0 saturated heterocycles. The molecule has 0 aliphatic rings. The summed E-state index contributed by atoms with van der Waals surface area (Å²) in [6.07, 6.45) is 0. The quantitative estimate of drug-likeness (QED) is 0.777. The van der Waals surface area contributed by atoms with Crippen LogP contribution in [0.5, 0.6) is 0 Å². The van der Waals surface area contributed by atoms with Crippen LogP contribution in [0.25, 0.3) is 5.57 Å². The van der Waals surface area contributed by atoms with E-state index >= 15 is 0 Å². The van der Waals surface area contributed by atoms with Crippen molar-refractivity contribution in [2.45, 2.75) is 13.1 Å². The van der Waals surface area contributed by atoms with Crippen molar-refractivity contribution < 1.29 is 4.43 Å². The number of rotatable bonds is 5. The lowest BCUT2D eigenvalue weighted by Gasteiger charge is -2.21. The van der Waals surface area contributed by atoms with Crippen LogP contribution in [0.4, 0.5) is 5.69 Å². The zero-order valence-corrected chi connectivity index (χ0v) is 15.2. The van der Waals surface area contributed by atoms with E-state index in [0.29, 0.717) is 0 Å². The van der Waals surface area contributed by atoms with Crippen LogP contribution in [0.1, 0.15) is 11.1 Å². The molecule has 0 unspecified atom stereocenters. The normalized spacial score (nSPS) is 11.3. The van der Waals surface area contributed by atoms with Gasteiger partial charge in [-0.15, -0.1) is 0 Å². The Labute approximate surface area is 135 Å². The second-order valence-corrected chi connectivity index (χ2v) is 10.2. The van der Waals surface area contributed by atoms with Crippen LogP contribution in [-0.2, 0) is 4.43 Å². The van der Waals surface area contributed by atoms with Gasteiger partial charge in [0.05, 0.1) is 0 Å². The predicted octanol–water partition coefficient (Wildman–Crippen LogP) is 3.87. The first-order valence-corrected chi connectivity index (χ1v) is 10.4. The zero-order chi connectivity index (χ0) is 16.3. The van der Waals surface area contributed by atoms with Gasteiger partial charge in [0.15, 0.2) is 0 Å². The van der Waals surface area contributed by atoms with Crippen molar-refractivity contribution >= 4 is 24.8 Å². The van der Waals surface area contributed by atoms with E-state index in [-0.39, 0.29) is 0 Å². The molecule has 0 aliphatic heterocycles. The first-order valence-electron chi connectivity index (χ1n) is 7.48. The van der Waals surface area contributed by atoms with Gasteiger partial charge in [-0.05, 0) is 47.1 Å². The molecule has 0 saturated carbocycles. The van der Waals surface area contributed by atoms with Gasteiger partial charge < -0.3 is 9.33 Å². The minimum atomic E-state index is -1.75. The largest absolute Gasteiger partial charge is 0.416 e. The summed E-state index contributed by atoms with van der Waals surface area (Å²) in [6.45, 7) is 8.66. The minimum absolute atomic E-state index is 1.05. The van der Waals surface area contributed by atoms with Crippen molar-refractivity contribution in [1.29, 1.82) is 0 Å². The average Bonchev–Trinajstić information content (AvgIpc) is 2.54. The maximum absolute atomic E-state index is 5.66. The van der Waals surface area contributed by atoms with Crippen molar-refractivity contribution in [2.75, 3.05) is 26.1 Å². The van der Waals surface area contributed by atoms with Crippen molar-refractivity contribution in [1.82, 2.24) is 0 Å². The Morgan fingerprint density at radius 1 is 0.909 bits per heavy atom. The fourth-order valence-corrected chi connectivity index (χ4v) is 3.52. The summed E-state index contributed by atoms with van der Waals surface area (Å²) in [5, 5.41) is 1.30. The Morgan fingerprint density at radius 2 is 1.36 bits per heavy atom. The summed E-state index contributed by atoms with van der Waals surface area (Å²) in [4.78, 5) is 2.10. The lowest BCUT2D eigenvalue weighted by Crippen LogP contribution is -2.43. The summed E-state index contributed by atoms with van der Waals surface area (Å²) < 4.78 is 5.66. The number of hydrogen-bond acceptors (Lipinski definition) is 2. The Balaban J connectivity index is 2.23. The zero-order valence-electron chi connectivity index (χ0n) is 14.2. The number of nitrogens with zero attached hydrogens (tertiary/aromatic N) is 1. The number of benzene rings is 2. The van der Waals surface area contributed by atoms with Gasteiger partial charge in [0.2, 0.25) is 8.32 Å². The molecule has 0 atom stereocenters. The van der Waals surface area contributed by atoms with E-state index in [1.165, 1.54) is 10.9 Å². The molecule has 0 aromatic heterocycles. The molecule has 2 rings (SSSR count). The van der Waals surface area contributed by atoms with E-state index in [4.69, 9.17) is 4.43 Å². The summed E-state index contributed by atoms with van der Waals surface area (Å²) in [7, 11) is 4.14. The van der Waals surface area contributed by atoms with Crippen LogP contribution in [-0.4, -0.2) is 29.5 Å². The van der Waals surface area contributed by atoms with E-state index in [2.05, 4.69) is 73.1 Å². The van der Waals surface area contributed by atoms with Gasteiger partial charge in [0.1, 0.15) is 0 Å². The van der Waals surface area contributed by atoms with Crippen molar-refractivity contribution in [3.8, 4) is 0 Å². The van der Waals surface area contributed by atoms with Crippen LogP contribution < -0.4 is 10.1 Å². The molecular weight excluding hydrogens is 286 g/mol. The van der Waals surface area contributed by atoms with E-state index in [0.717, 1.165) is 16.7 Å². The first-order chi connectivity index (χ1) is 10.3. The Hall–Kier alpha value is -1.84. The smallest absolute Gasteiger partial charge is 0.217 e. The molecule has 0 aliphatic carbocycles. The van der Waals surface area contributed by atoms with Crippen LogP contribution >= 0.6 is 0 Å². The number of anilines is 1. The molecule has 22 heavy (non-hydrogen) atoms. The lowest BCUT2D eigenvalue weighted by molar-refractivity contribution is 0.416. The fraction of sp³-hybridized carbons (Fsp3) is 0.263. The molecule has 0 amide bonds. The second-order valence-electron chi connectivity index (χ2n) is 6.21. The van der Waals surface area contributed by atoms with Gasteiger partial charge in [-0.3, -0.25) is 0 Å². The maximum atomic E-state index is 5.66. The van der Waals surface area contributed by atoms with Crippen LogP contribution in [0.3, 0.4) is 0 Å². The van der Waals surface area contributed by atoms with Crippen LogP contribution in [0.15, 0.2) is 55.1 Å². The third-order valence-corrected chi connectivity index (χ3v) is 6.92. The van der Waals surface area contributed by atoms with E-state index in [9.17, 15) is 0 Å². The highest BCUT2D eigenvalue weighted by atomic mass is 28.4. The Bertz CT molecular complexity index is 642. The molecule has 0 fully saturated rings. The molecule has 3 heteroatoms. The summed E-state index contributed by atoms with van der Waals surface area (Å²) in [5.41, 5.74) is 4.55. The highest BCUT2D eigenvalue weighted by Crippen LogP contribution is 2.23. The highest BCUT2D eigenvalue weighted by molar-refractivity contribution is 6.84. The fourth-order valence-electron chi connectivity index (χ4n) is 2.32. The van der Waals surface area contributed by atoms with Gasteiger partial charge in [-0.2, -0.15) is 0 Å². The van der Waals surface area contributed by atoms with E-state index < -0.39 is 8.32 Å². The van der Waals surface area contributed by atoms with Gasteiger partial charge in [0, 0.05) is 26.9 Å². The third kappa shape index (κ3) is 3.49. The summed E-state index contributed by atoms with van der Waals surface area (Å²) in [6, 6.07) is 17.1. The Morgan fingerprint density at radius 3 is 1.77 bits per heavy atom. The van der Waals surface area contributed by atoms with Crippen molar-refractivity contribution in [3.63, 3.8) is 0 Å². The summed E-state index contributed by atoms with van der Waals surface area (Å²) in [5.74, 6) is 0. The standard InChI is InChI=1S/C19H25NOSi/c1-15(16-7-11-18(12-8-16)20(2)3)17-9-13-19(14-10-17)22(5,6)21-4/h7-14H,1H2,2-6H3. The Kier molecular flexibility index (Phi) is 4.89. The third-order valence-electron chi connectivity index (χ3n) is 4.17. The van der Waals surface area contributed by atoms with E-state index in [1.807, 2.05) is 14.1 Å². The van der Waals surface area contributed by atoms with Gasteiger partial charge in [-0.1, -0.05) is 43.0 Å². The summed E-state index contributed by atoms with van der Waals surface area (Å²) >= 11 is 0. The van der Waals surface area contributed by atoms with Crippen LogP contribution in [0.2, 0.25) is 13.1 Å². The second kappa shape index (κ2) is 6.51. The molecule has 0 N–H and O–H groups in total. The molecule has 0 heterocycles. The van der Waals surface area contributed by atoms with Crippen molar-refractivity contribution in [2.24, 2.45) is 0 Å². The van der Waals surface area contributed by atoms with Gasteiger partial charge >= 0.3 is 0 Å². The lowest BCUT2D eigenvalue weighted by atomic mass is 9.99. The molecule has 2 aromatic rings. The van der Waals surface area contributed by atoms with Gasteiger partial charge in [-0.25, -0.2) is 0 Å². The monoisotopic (exact) mass is 311 g/mol. The van der Waals surface area contributed by atoms with Crippen molar-refractivity contribution in [3.05, 3.63) is 66.2 Å². The molecular formula is C19H25NOSi. The van der Waals surface area contributed by atoms with Gasteiger partial charge in [0.25, 0.3) is 0 Å². The minimum Gasteiger partial charge on any atom is -0.416 e. The van der Waals surface area contributed by atoms with E-state index in [1.54, 1.807) is 7.11 Å². The highest BCUT2D eigenvalue weighted by Gasteiger charge is 2.23. The molecule has 0 radical (unpaired) electrons. The molecule has 2 aromatic carbocycles.